The van der Waals surface area contributed by atoms with Crippen molar-refractivity contribution in [3.05, 3.63) is 53.2 Å². The molecular formula is C19H19ClN2O2S. The van der Waals surface area contributed by atoms with Gasteiger partial charge in [-0.05, 0) is 43.3 Å². The smallest absolute Gasteiger partial charge is 0.302 e. The molecule has 3 aromatic rings. The monoisotopic (exact) mass is 374 g/mol. The fourth-order valence-electron chi connectivity index (χ4n) is 2.83. The number of nitrogens with two attached hydrogens (primary N) is 1. The molecule has 0 amide bonds. The molecule has 6 heteroatoms. The lowest BCUT2D eigenvalue weighted by Gasteiger charge is -2.09. The summed E-state index contributed by atoms with van der Waals surface area (Å²) in [6.45, 7) is 4.40. The van der Waals surface area contributed by atoms with Gasteiger partial charge in [-0.2, -0.15) is 0 Å². The summed E-state index contributed by atoms with van der Waals surface area (Å²) < 4.78 is 7.25. The Morgan fingerprint density at radius 1 is 1.24 bits per heavy atom. The lowest BCUT2D eigenvalue weighted by molar-refractivity contribution is -0.141. The Morgan fingerprint density at radius 3 is 2.64 bits per heavy atom. The first-order valence-electron chi connectivity index (χ1n) is 7.91. The molecule has 2 aromatic carbocycles. The molecule has 0 spiro atoms. The molecule has 1 aromatic heterocycles. The van der Waals surface area contributed by atoms with Gasteiger partial charge in [0.05, 0.1) is 12.1 Å². The van der Waals surface area contributed by atoms with E-state index in [1.807, 2.05) is 42.5 Å². The predicted molar refractivity (Wildman–Crippen MR) is 103 cm³/mol. The Labute approximate surface area is 155 Å². The van der Waals surface area contributed by atoms with Gasteiger partial charge in [0.25, 0.3) is 0 Å². The van der Waals surface area contributed by atoms with E-state index in [9.17, 15) is 4.79 Å². The zero-order chi connectivity index (χ0) is 18.0. The number of benzene rings is 2. The highest BCUT2D eigenvalue weighted by atomic mass is 35.5. The lowest BCUT2D eigenvalue weighted by Crippen LogP contribution is -2.09. The van der Waals surface area contributed by atoms with Crippen molar-refractivity contribution in [2.75, 3.05) is 12.3 Å². The van der Waals surface area contributed by atoms with Crippen molar-refractivity contribution in [1.82, 2.24) is 4.57 Å². The standard InChI is InChI=1S/C19H19ClN2O2S/c1-12-19(25-15-8-6-14(20)7-9-15)18-16(21)4-3-5-17(18)22(12)10-11-24-13(2)23/h3-9H,10-11,21H2,1-2H3. The fraction of sp³-hybridized carbons (Fsp3) is 0.211. The van der Waals surface area contributed by atoms with E-state index in [2.05, 4.69) is 11.5 Å². The van der Waals surface area contributed by atoms with E-state index in [-0.39, 0.29) is 5.97 Å². The number of ether oxygens (including phenoxy) is 1. The van der Waals surface area contributed by atoms with Crippen LogP contribution in [0.15, 0.2) is 52.3 Å². The third-order valence-electron chi connectivity index (χ3n) is 3.98. The third-order valence-corrected chi connectivity index (χ3v) is 5.44. The van der Waals surface area contributed by atoms with Crippen LogP contribution in [0.2, 0.25) is 5.02 Å². The number of carbonyl (C=O) groups excluding carboxylic acids is 1. The van der Waals surface area contributed by atoms with Crippen LogP contribution in [0.5, 0.6) is 0 Å². The van der Waals surface area contributed by atoms with Gasteiger partial charge in [0.2, 0.25) is 0 Å². The summed E-state index contributed by atoms with van der Waals surface area (Å²) in [5, 5.41) is 1.74. The first-order valence-corrected chi connectivity index (χ1v) is 9.11. The Hall–Kier alpha value is -2.11. The Bertz CT molecular complexity index is 919. The molecular weight excluding hydrogens is 356 g/mol. The number of hydrogen-bond acceptors (Lipinski definition) is 4. The zero-order valence-electron chi connectivity index (χ0n) is 14.1. The highest BCUT2D eigenvalue weighted by Gasteiger charge is 2.17. The van der Waals surface area contributed by atoms with Crippen LogP contribution >= 0.6 is 23.4 Å². The summed E-state index contributed by atoms with van der Waals surface area (Å²) in [6, 6.07) is 13.6. The molecule has 4 nitrogen and oxygen atoms in total. The van der Waals surface area contributed by atoms with Crippen molar-refractivity contribution >= 4 is 45.9 Å². The number of nitrogens with zero attached hydrogens (tertiary/aromatic N) is 1. The van der Waals surface area contributed by atoms with Crippen LogP contribution in [-0.4, -0.2) is 17.1 Å². The lowest BCUT2D eigenvalue weighted by atomic mass is 10.2. The van der Waals surface area contributed by atoms with Crippen molar-refractivity contribution in [2.24, 2.45) is 0 Å². The normalized spacial score (nSPS) is 11.0. The largest absolute Gasteiger partial charge is 0.464 e. The van der Waals surface area contributed by atoms with Gasteiger partial charge in [-0.3, -0.25) is 4.79 Å². The molecule has 0 atom stereocenters. The van der Waals surface area contributed by atoms with Crippen LogP contribution in [0.1, 0.15) is 12.6 Å². The average molecular weight is 375 g/mol. The predicted octanol–water partition coefficient (Wildman–Crippen LogP) is 4.90. The van der Waals surface area contributed by atoms with Crippen molar-refractivity contribution < 1.29 is 9.53 Å². The number of aromatic nitrogens is 1. The number of fused-ring (bicyclic) bond motifs is 1. The number of esters is 1. The first-order chi connectivity index (χ1) is 12.0. The molecule has 0 aliphatic rings. The van der Waals surface area contributed by atoms with Crippen LogP contribution in [0.4, 0.5) is 5.69 Å². The average Bonchev–Trinajstić information content (AvgIpc) is 2.83. The maximum Gasteiger partial charge on any atom is 0.302 e. The number of rotatable bonds is 5. The van der Waals surface area contributed by atoms with Gasteiger partial charge in [0, 0.05) is 38.5 Å². The van der Waals surface area contributed by atoms with Crippen molar-refractivity contribution in [2.45, 2.75) is 30.2 Å². The topological polar surface area (TPSA) is 57.2 Å². The number of anilines is 1. The Morgan fingerprint density at radius 2 is 1.96 bits per heavy atom. The highest BCUT2D eigenvalue weighted by molar-refractivity contribution is 7.99. The van der Waals surface area contributed by atoms with Crippen LogP contribution in [0, 0.1) is 6.92 Å². The maximum absolute atomic E-state index is 11.0. The van der Waals surface area contributed by atoms with E-state index in [1.54, 1.807) is 11.8 Å². The van der Waals surface area contributed by atoms with Crippen molar-refractivity contribution in [3.63, 3.8) is 0 Å². The van der Waals surface area contributed by atoms with Crippen LogP contribution < -0.4 is 5.73 Å². The summed E-state index contributed by atoms with van der Waals surface area (Å²) in [6.07, 6.45) is 0. The second-order valence-electron chi connectivity index (χ2n) is 5.70. The van der Waals surface area contributed by atoms with E-state index in [4.69, 9.17) is 22.1 Å². The summed E-state index contributed by atoms with van der Waals surface area (Å²) in [4.78, 5) is 13.2. The van der Waals surface area contributed by atoms with Gasteiger partial charge in [-0.25, -0.2) is 0 Å². The molecule has 3 rings (SSSR count). The van der Waals surface area contributed by atoms with Gasteiger partial charge < -0.3 is 15.0 Å². The first kappa shape index (κ1) is 17.7. The maximum atomic E-state index is 11.0. The summed E-state index contributed by atoms with van der Waals surface area (Å²) in [5.41, 5.74) is 9.14. The van der Waals surface area contributed by atoms with Crippen LogP contribution in [0.25, 0.3) is 10.9 Å². The highest BCUT2D eigenvalue weighted by Crippen LogP contribution is 2.40. The van der Waals surface area contributed by atoms with Crippen LogP contribution in [0.3, 0.4) is 0 Å². The van der Waals surface area contributed by atoms with Crippen LogP contribution in [-0.2, 0) is 16.1 Å². The molecule has 0 aliphatic carbocycles. The van der Waals surface area contributed by atoms with E-state index < -0.39 is 0 Å². The van der Waals surface area contributed by atoms with Crippen molar-refractivity contribution in [3.8, 4) is 0 Å². The fourth-order valence-corrected chi connectivity index (χ4v) is 4.04. The number of nitrogen functional groups attached to an aromatic ring is 1. The quantitative estimate of drug-likeness (QED) is 0.509. The molecule has 0 fully saturated rings. The molecule has 2 N–H and O–H groups in total. The number of hydrogen-bond donors (Lipinski definition) is 1. The molecule has 1 heterocycles. The van der Waals surface area contributed by atoms with Gasteiger partial charge in [-0.1, -0.05) is 29.4 Å². The summed E-state index contributed by atoms with van der Waals surface area (Å²) in [7, 11) is 0. The van der Waals surface area contributed by atoms with E-state index >= 15 is 0 Å². The van der Waals surface area contributed by atoms with E-state index in [0.29, 0.717) is 18.2 Å². The molecule has 0 bridgehead atoms. The SMILES string of the molecule is CC(=O)OCCn1c(C)c(Sc2ccc(Cl)cc2)c2c(N)cccc21. The van der Waals surface area contributed by atoms with Gasteiger partial charge in [-0.15, -0.1) is 0 Å². The number of carbonyl (C=O) groups is 1. The molecule has 0 unspecified atom stereocenters. The minimum atomic E-state index is -0.274. The van der Waals surface area contributed by atoms with E-state index in [0.717, 1.165) is 32.1 Å². The zero-order valence-corrected chi connectivity index (χ0v) is 15.7. The second kappa shape index (κ2) is 7.42. The minimum absolute atomic E-state index is 0.274. The van der Waals surface area contributed by atoms with Gasteiger partial charge in [0.1, 0.15) is 6.61 Å². The third kappa shape index (κ3) is 3.78. The summed E-state index contributed by atoms with van der Waals surface area (Å²) >= 11 is 7.64. The molecule has 25 heavy (non-hydrogen) atoms. The second-order valence-corrected chi connectivity index (χ2v) is 7.22. The van der Waals surface area contributed by atoms with Crippen molar-refractivity contribution in [1.29, 1.82) is 0 Å². The number of halogens is 1. The molecule has 0 saturated carbocycles. The molecule has 130 valence electrons. The minimum Gasteiger partial charge on any atom is -0.464 e. The molecule has 0 saturated heterocycles. The van der Waals surface area contributed by atoms with Gasteiger partial charge >= 0.3 is 5.97 Å². The molecule has 0 aliphatic heterocycles. The Kier molecular flexibility index (Phi) is 5.25. The Balaban J connectivity index is 2.03. The van der Waals surface area contributed by atoms with E-state index in [1.165, 1.54) is 6.92 Å². The van der Waals surface area contributed by atoms with Gasteiger partial charge in [0.15, 0.2) is 0 Å². The summed E-state index contributed by atoms with van der Waals surface area (Å²) in [5.74, 6) is -0.274. The molecule has 0 radical (unpaired) electrons.